The Morgan fingerprint density at radius 1 is 1.17 bits per heavy atom. The van der Waals surface area contributed by atoms with Crippen LogP contribution in [-0.2, 0) is 0 Å². The Morgan fingerprint density at radius 3 is 2.58 bits per heavy atom. The largest absolute Gasteiger partial charge is 0.356 e. The molecule has 1 fully saturated rings. The summed E-state index contributed by atoms with van der Waals surface area (Å²) in [5.41, 5.74) is 1.05. The SMILES string of the molecule is CC(NC(=O)NC1CCN(c2ccccn2)CC1)c1ccncc1. The molecule has 1 aliphatic heterocycles. The van der Waals surface area contributed by atoms with E-state index >= 15 is 0 Å². The van der Waals surface area contributed by atoms with Crippen molar-refractivity contribution in [2.45, 2.75) is 31.8 Å². The summed E-state index contributed by atoms with van der Waals surface area (Å²) >= 11 is 0. The fourth-order valence-electron chi connectivity index (χ4n) is 2.95. The predicted molar refractivity (Wildman–Crippen MR) is 93.8 cm³/mol. The summed E-state index contributed by atoms with van der Waals surface area (Å²) in [6, 6.07) is 9.82. The highest BCUT2D eigenvalue weighted by molar-refractivity contribution is 5.74. The van der Waals surface area contributed by atoms with Crippen molar-refractivity contribution in [3.05, 3.63) is 54.5 Å². The first-order valence-corrected chi connectivity index (χ1v) is 8.35. The van der Waals surface area contributed by atoms with Gasteiger partial charge in [0, 0.05) is 37.7 Å². The van der Waals surface area contributed by atoms with Crippen molar-refractivity contribution in [2.24, 2.45) is 0 Å². The molecule has 1 atom stereocenters. The van der Waals surface area contributed by atoms with Gasteiger partial charge in [0.05, 0.1) is 6.04 Å². The van der Waals surface area contributed by atoms with E-state index < -0.39 is 0 Å². The number of pyridine rings is 2. The minimum atomic E-state index is -0.115. The molecule has 3 rings (SSSR count). The molecule has 2 aromatic heterocycles. The standard InChI is InChI=1S/C18H23N5O/c1-14(15-5-10-19-11-6-15)21-18(24)22-16-7-12-23(13-8-16)17-4-2-3-9-20-17/h2-6,9-11,14,16H,7-8,12-13H2,1H3,(H2,21,22,24). The molecule has 0 aliphatic carbocycles. The molecule has 6 heteroatoms. The molecule has 1 saturated heterocycles. The zero-order valence-electron chi connectivity index (χ0n) is 13.9. The summed E-state index contributed by atoms with van der Waals surface area (Å²) < 4.78 is 0. The van der Waals surface area contributed by atoms with Gasteiger partial charge in [0.25, 0.3) is 0 Å². The first-order chi connectivity index (χ1) is 11.7. The number of aromatic nitrogens is 2. The number of urea groups is 1. The van der Waals surface area contributed by atoms with E-state index in [-0.39, 0.29) is 18.1 Å². The van der Waals surface area contributed by atoms with E-state index in [1.54, 1.807) is 12.4 Å². The van der Waals surface area contributed by atoms with Crippen molar-refractivity contribution in [3.8, 4) is 0 Å². The summed E-state index contributed by atoms with van der Waals surface area (Å²) in [5.74, 6) is 1.01. The lowest BCUT2D eigenvalue weighted by Gasteiger charge is -2.33. The normalized spacial score (nSPS) is 16.5. The predicted octanol–water partition coefficient (Wildman–Crippen LogP) is 2.51. The van der Waals surface area contributed by atoms with E-state index in [0.29, 0.717) is 0 Å². The lowest BCUT2D eigenvalue weighted by atomic mass is 10.1. The number of rotatable bonds is 4. The Morgan fingerprint density at radius 2 is 1.92 bits per heavy atom. The first-order valence-electron chi connectivity index (χ1n) is 8.35. The third-order valence-corrected chi connectivity index (χ3v) is 4.36. The lowest BCUT2D eigenvalue weighted by Crippen LogP contribution is -2.48. The van der Waals surface area contributed by atoms with E-state index in [1.165, 1.54) is 0 Å². The molecule has 1 unspecified atom stereocenters. The molecule has 2 aromatic rings. The number of amides is 2. The van der Waals surface area contributed by atoms with Gasteiger partial charge in [0.2, 0.25) is 0 Å². The van der Waals surface area contributed by atoms with Crippen LogP contribution >= 0.6 is 0 Å². The van der Waals surface area contributed by atoms with Crippen LogP contribution in [0, 0.1) is 0 Å². The van der Waals surface area contributed by atoms with E-state index in [9.17, 15) is 4.79 Å². The second kappa shape index (κ2) is 7.77. The Labute approximate surface area is 142 Å². The van der Waals surface area contributed by atoms with Crippen LogP contribution in [0.2, 0.25) is 0 Å². The summed E-state index contributed by atoms with van der Waals surface area (Å²) in [5, 5.41) is 6.06. The van der Waals surface area contributed by atoms with E-state index in [1.807, 2.05) is 43.5 Å². The summed E-state index contributed by atoms with van der Waals surface area (Å²) in [6.45, 7) is 3.78. The maximum atomic E-state index is 12.2. The summed E-state index contributed by atoms with van der Waals surface area (Å²) in [6.07, 6.45) is 7.13. The third-order valence-electron chi connectivity index (χ3n) is 4.36. The van der Waals surface area contributed by atoms with Gasteiger partial charge in [-0.2, -0.15) is 0 Å². The number of carbonyl (C=O) groups is 1. The Hall–Kier alpha value is -2.63. The van der Waals surface area contributed by atoms with Gasteiger partial charge >= 0.3 is 6.03 Å². The van der Waals surface area contributed by atoms with Crippen LogP contribution in [-0.4, -0.2) is 35.1 Å². The molecule has 0 aromatic carbocycles. The fourth-order valence-corrected chi connectivity index (χ4v) is 2.95. The van der Waals surface area contributed by atoms with Crippen LogP contribution in [0.5, 0.6) is 0 Å². The number of hydrogen-bond donors (Lipinski definition) is 2. The molecule has 2 amide bonds. The van der Waals surface area contributed by atoms with Crippen LogP contribution in [0.3, 0.4) is 0 Å². The molecule has 3 heterocycles. The van der Waals surface area contributed by atoms with E-state index in [4.69, 9.17) is 0 Å². The second-order valence-electron chi connectivity index (χ2n) is 6.07. The van der Waals surface area contributed by atoms with Crippen molar-refractivity contribution in [3.63, 3.8) is 0 Å². The third kappa shape index (κ3) is 4.22. The van der Waals surface area contributed by atoms with Crippen LogP contribution in [0.15, 0.2) is 48.9 Å². The zero-order chi connectivity index (χ0) is 16.8. The topological polar surface area (TPSA) is 70.2 Å². The summed E-state index contributed by atoms with van der Waals surface area (Å²) in [7, 11) is 0. The first kappa shape index (κ1) is 16.2. The molecule has 0 bridgehead atoms. The van der Waals surface area contributed by atoms with Crippen molar-refractivity contribution >= 4 is 11.8 Å². The van der Waals surface area contributed by atoms with E-state index in [0.717, 1.165) is 37.3 Å². The lowest BCUT2D eigenvalue weighted by molar-refractivity contribution is 0.231. The van der Waals surface area contributed by atoms with Crippen LogP contribution < -0.4 is 15.5 Å². The van der Waals surface area contributed by atoms with Gasteiger partial charge in [-0.1, -0.05) is 6.07 Å². The quantitative estimate of drug-likeness (QED) is 0.906. The zero-order valence-corrected chi connectivity index (χ0v) is 13.9. The Bertz CT molecular complexity index is 641. The minimum Gasteiger partial charge on any atom is -0.356 e. The number of nitrogens with zero attached hydrogens (tertiary/aromatic N) is 3. The fraction of sp³-hybridized carbons (Fsp3) is 0.389. The Balaban J connectivity index is 1.45. The van der Waals surface area contributed by atoms with Gasteiger partial charge in [0.1, 0.15) is 5.82 Å². The molecule has 0 saturated carbocycles. The Kier molecular flexibility index (Phi) is 5.25. The highest BCUT2D eigenvalue weighted by atomic mass is 16.2. The average Bonchev–Trinajstić information content (AvgIpc) is 2.64. The van der Waals surface area contributed by atoms with Gasteiger partial charge in [-0.05, 0) is 49.6 Å². The molecular formula is C18H23N5O. The average molecular weight is 325 g/mol. The number of anilines is 1. The molecule has 0 radical (unpaired) electrons. The van der Waals surface area contributed by atoms with Crippen LogP contribution in [0.25, 0.3) is 0 Å². The van der Waals surface area contributed by atoms with Gasteiger partial charge < -0.3 is 15.5 Å². The van der Waals surface area contributed by atoms with Crippen LogP contribution in [0.1, 0.15) is 31.4 Å². The van der Waals surface area contributed by atoms with Crippen molar-refractivity contribution in [1.29, 1.82) is 0 Å². The smallest absolute Gasteiger partial charge is 0.315 e. The van der Waals surface area contributed by atoms with Gasteiger partial charge in [-0.3, -0.25) is 4.98 Å². The summed E-state index contributed by atoms with van der Waals surface area (Å²) in [4.78, 5) is 22.8. The van der Waals surface area contributed by atoms with Crippen molar-refractivity contribution in [1.82, 2.24) is 20.6 Å². The molecule has 2 N–H and O–H groups in total. The number of hydrogen-bond acceptors (Lipinski definition) is 4. The van der Waals surface area contributed by atoms with Crippen molar-refractivity contribution < 1.29 is 4.79 Å². The number of carbonyl (C=O) groups excluding carboxylic acids is 1. The highest BCUT2D eigenvalue weighted by Crippen LogP contribution is 2.17. The molecule has 0 spiro atoms. The van der Waals surface area contributed by atoms with E-state index in [2.05, 4.69) is 25.5 Å². The highest BCUT2D eigenvalue weighted by Gasteiger charge is 2.21. The van der Waals surface area contributed by atoms with Gasteiger partial charge in [0.15, 0.2) is 0 Å². The monoisotopic (exact) mass is 325 g/mol. The number of nitrogens with one attached hydrogen (secondary N) is 2. The molecule has 1 aliphatic rings. The molecular weight excluding hydrogens is 302 g/mol. The maximum absolute atomic E-state index is 12.2. The van der Waals surface area contributed by atoms with Gasteiger partial charge in [-0.15, -0.1) is 0 Å². The molecule has 126 valence electrons. The number of piperidine rings is 1. The minimum absolute atomic E-state index is 0.0402. The second-order valence-corrected chi connectivity index (χ2v) is 6.07. The van der Waals surface area contributed by atoms with Crippen molar-refractivity contribution in [2.75, 3.05) is 18.0 Å². The van der Waals surface area contributed by atoms with Gasteiger partial charge in [-0.25, -0.2) is 9.78 Å². The molecule has 24 heavy (non-hydrogen) atoms. The molecule has 6 nitrogen and oxygen atoms in total. The maximum Gasteiger partial charge on any atom is 0.315 e. The van der Waals surface area contributed by atoms with Crippen LogP contribution in [0.4, 0.5) is 10.6 Å².